The maximum atomic E-state index is 13.3. The fraction of sp³-hybridized carbons (Fsp3) is 0.522. The van der Waals surface area contributed by atoms with Crippen molar-refractivity contribution in [2.75, 3.05) is 25.0 Å². The summed E-state index contributed by atoms with van der Waals surface area (Å²) in [6.45, 7) is 6.12. The lowest BCUT2D eigenvalue weighted by Crippen LogP contribution is -2.56. The highest BCUT2D eigenvalue weighted by Gasteiger charge is 2.45. The summed E-state index contributed by atoms with van der Waals surface area (Å²) in [4.78, 5) is 8.64. The molecule has 1 aliphatic heterocycles. The Morgan fingerprint density at radius 1 is 1.28 bits per heavy atom. The highest BCUT2D eigenvalue weighted by atomic mass is 19.3. The number of imidazole rings is 1. The van der Waals surface area contributed by atoms with Crippen molar-refractivity contribution in [1.29, 1.82) is 0 Å². The van der Waals surface area contributed by atoms with Crippen molar-refractivity contribution in [3.63, 3.8) is 0 Å². The van der Waals surface area contributed by atoms with Crippen LogP contribution in [0.5, 0.6) is 0 Å². The molecule has 0 spiro atoms. The summed E-state index contributed by atoms with van der Waals surface area (Å²) in [6.07, 6.45) is 8.15. The lowest BCUT2D eigenvalue weighted by molar-refractivity contribution is -0.144. The zero-order valence-corrected chi connectivity index (χ0v) is 17.9. The number of hydrogen-bond donors (Lipinski definition) is 0. The van der Waals surface area contributed by atoms with E-state index in [0.29, 0.717) is 0 Å². The van der Waals surface area contributed by atoms with E-state index in [0.717, 1.165) is 29.1 Å². The first-order valence-electron chi connectivity index (χ1n) is 10.3. The monoisotopic (exact) mass is 400 g/mol. The van der Waals surface area contributed by atoms with Crippen LogP contribution in [-0.4, -0.2) is 46.0 Å². The van der Waals surface area contributed by atoms with E-state index in [1.54, 1.807) is 0 Å². The van der Waals surface area contributed by atoms with Crippen LogP contribution in [0.25, 0.3) is 12.2 Å². The first-order chi connectivity index (χ1) is 13.6. The second kappa shape index (κ2) is 6.94. The normalized spacial score (nSPS) is 24.1. The van der Waals surface area contributed by atoms with E-state index in [-0.39, 0.29) is 24.7 Å². The predicted octanol–water partition coefficient (Wildman–Crippen LogP) is 2.85. The molecule has 4 nitrogen and oxygen atoms in total. The average molecular weight is 401 g/mol. The molecule has 1 fully saturated rings. The molecule has 0 N–H and O–H groups in total. The van der Waals surface area contributed by atoms with Crippen molar-refractivity contribution < 1.29 is 8.78 Å². The van der Waals surface area contributed by atoms with Crippen LogP contribution in [0.1, 0.15) is 44.4 Å². The molecule has 2 unspecified atom stereocenters. The number of benzene rings is 1. The van der Waals surface area contributed by atoms with Crippen LogP contribution in [0.4, 0.5) is 14.5 Å². The van der Waals surface area contributed by atoms with Gasteiger partial charge in [0.15, 0.2) is 0 Å². The van der Waals surface area contributed by atoms with Crippen LogP contribution in [0, 0.1) is 0 Å². The Morgan fingerprint density at radius 2 is 2.00 bits per heavy atom. The molecule has 1 aliphatic carbocycles. The first-order valence-corrected chi connectivity index (χ1v) is 10.3. The van der Waals surface area contributed by atoms with Gasteiger partial charge in [-0.2, -0.15) is 0 Å². The van der Waals surface area contributed by atoms with Crippen LogP contribution in [0.3, 0.4) is 0 Å². The molecule has 4 rings (SSSR count). The maximum Gasteiger partial charge on any atom is 0.272 e. The summed E-state index contributed by atoms with van der Waals surface area (Å²) >= 11 is 0. The van der Waals surface area contributed by atoms with Gasteiger partial charge in [0.25, 0.3) is 5.92 Å². The largest absolute Gasteiger partial charge is 0.365 e. The highest BCUT2D eigenvalue weighted by Crippen LogP contribution is 2.37. The van der Waals surface area contributed by atoms with Crippen molar-refractivity contribution in [3.8, 4) is 0 Å². The zero-order valence-electron chi connectivity index (χ0n) is 17.9. The van der Waals surface area contributed by atoms with E-state index >= 15 is 0 Å². The Hall–Kier alpha value is -2.21. The Kier molecular flexibility index (Phi) is 4.80. The van der Waals surface area contributed by atoms with Crippen molar-refractivity contribution in [2.24, 2.45) is 7.05 Å². The van der Waals surface area contributed by atoms with E-state index in [1.165, 1.54) is 11.3 Å². The Morgan fingerprint density at radius 3 is 2.66 bits per heavy atom. The Balaban J connectivity index is 1.63. The van der Waals surface area contributed by atoms with Gasteiger partial charge in [-0.15, -0.1) is 0 Å². The standard InChI is InChI=1S/C23H30F2N4/c1-6-17-11-18(16(2)29-13-23(24,25)14-29)7-8-20(17)28(5)22(3)10-9-19-21(12-22)27(4)15-26-19/h7-9,11-12,15-16H,6,10,13-14H2,1-5H3. The second-order valence-corrected chi connectivity index (χ2v) is 8.77. The van der Waals surface area contributed by atoms with Gasteiger partial charge < -0.3 is 9.47 Å². The van der Waals surface area contributed by atoms with Gasteiger partial charge in [-0.25, -0.2) is 13.8 Å². The van der Waals surface area contributed by atoms with Gasteiger partial charge in [-0.05, 0) is 50.0 Å². The minimum absolute atomic E-state index is 0.00134. The fourth-order valence-electron chi connectivity index (χ4n) is 4.46. The van der Waals surface area contributed by atoms with Crippen molar-refractivity contribution in [2.45, 2.75) is 51.1 Å². The number of likely N-dealkylation sites (tertiary alicyclic amines) is 1. The summed E-state index contributed by atoms with van der Waals surface area (Å²) in [5, 5.41) is 2.19. The minimum atomic E-state index is -2.53. The molecule has 0 bridgehead atoms. The fourth-order valence-corrected chi connectivity index (χ4v) is 4.46. The predicted molar refractivity (Wildman–Crippen MR) is 114 cm³/mol. The number of fused-ring (bicyclic) bond motifs is 1. The number of hydrogen-bond acceptors (Lipinski definition) is 3. The molecule has 0 radical (unpaired) electrons. The van der Waals surface area contributed by atoms with E-state index in [9.17, 15) is 8.78 Å². The summed E-state index contributed by atoms with van der Waals surface area (Å²) in [6, 6.07) is 6.44. The first kappa shape index (κ1) is 20.1. The molecule has 2 atom stereocenters. The van der Waals surface area contributed by atoms with Gasteiger partial charge in [-0.3, -0.25) is 4.90 Å². The molecule has 1 aromatic carbocycles. The number of alkyl halides is 2. The molecule has 0 saturated carbocycles. The van der Waals surface area contributed by atoms with Gasteiger partial charge in [0.1, 0.15) is 0 Å². The van der Waals surface area contributed by atoms with Gasteiger partial charge >= 0.3 is 0 Å². The maximum absolute atomic E-state index is 13.3. The van der Waals surface area contributed by atoms with E-state index < -0.39 is 5.92 Å². The number of halogens is 2. The van der Waals surface area contributed by atoms with Crippen molar-refractivity contribution in [1.82, 2.24) is 14.5 Å². The molecule has 2 aliphatic rings. The number of aromatic nitrogens is 2. The molecular weight excluding hydrogens is 370 g/mol. The van der Waals surface area contributed by atoms with Crippen molar-refractivity contribution >= 4 is 17.8 Å². The SMILES string of the molecule is CCc1cc(C(C)N2CC(F)(F)C2)ccc1N(C)C1(C)C=c2c(ncn2C)=CC1. The smallest absolute Gasteiger partial charge is 0.272 e. The Bertz CT molecular complexity index is 1030. The van der Waals surface area contributed by atoms with Crippen LogP contribution < -0.4 is 15.6 Å². The Labute approximate surface area is 171 Å². The van der Waals surface area contributed by atoms with E-state index in [4.69, 9.17) is 0 Å². The average Bonchev–Trinajstić information content (AvgIpc) is 3.04. The zero-order chi connectivity index (χ0) is 21.0. The number of rotatable bonds is 5. The van der Waals surface area contributed by atoms with Crippen LogP contribution in [0.2, 0.25) is 0 Å². The molecule has 156 valence electrons. The number of anilines is 1. The summed E-state index contributed by atoms with van der Waals surface area (Å²) in [5.41, 5.74) is 3.38. The third kappa shape index (κ3) is 3.48. The second-order valence-electron chi connectivity index (χ2n) is 8.77. The molecule has 0 amide bonds. The van der Waals surface area contributed by atoms with Crippen LogP contribution in [0.15, 0.2) is 24.5 Å². The third-order valence-corrected chi connectivity index (χ3v) is 6.68. The third-order valence-electron chi connectivity index (χ3n) is 6.68. The van der Waals surface area contributed by atoms with Crippen LogP contribution >= 0.6 is 0 Å². The van der Waals surface area contributed by atoms with Gasteiger partial charge in [0.05, 0.1) is 35.7 Å². The molecule has 2 aromatic rings. The minimum Gasteiger partial charge on any atom is -0.365 e. The summed E-state index contributed by atoms with van der Waals surface area (Å²) < 4.78 is 28.6. The summed E-state index contributed by atoms with van der Waals surface area (Å²) in [5.74, 6) is -2.53. The molecule has 2 heterocycles. The molecule has 1 aromatic heterocycles. The molecule has 29 heavy (non-hydrogen) atoms. The van der Waals surface area contributed by atoms with Gasteiger partial charge in [-0.1, -0.05) is 25.1 Å². The highest BCUT2D eigenvalue weighted by molar-refractivity contribution is 5.63. The number of nitrogens with zero attached hydrogens (tertiary/aromatic N) is 4. The number of aryl methyl sites for hydroxylation is 2. The molecule has 6 heteroatoms. The van der Waals surface area contributed by atoms with Crippen LogP contribution in [-0.2, 0) is 13.5 Å². The lowest BCUT2D eigenvalue weighted by Gasteiger charge is -2.43. The van der Waals surface area contributed by atoms with Gasteiger partial charge in [0, 0.05) is 25.8 Å². The quantitative estimate of drug-likeness (QED) is 0.772. The van der Waals surface area contributed by atoms with Crippen molar-refractivity contribution in [3.05, 3.63) is 46.4 Å². The van der Waals surface area contributed by atoms with Gasteiger partial charge in [0.2, 0.25) is 0 Å². The van der Waals surface area contributed by atoms with E-state index in [1.807, 2.05) is 25.2 Å². The summed E-state index contributed by atoms with van der Waals surface area (Å²) in [7, 11) is 4.16. The van der Waals surface area contributed by atoms with E-state index in [2.05, 4.69) is 65.7 Å². The molecular formula is C23H30F2N4. The lowest BCUT2D eigenvalue weighted by atomic mass is 9.90. The molecule has 1 saturated heterocycles. The topological polar surface area (TPSA) is 24.3 Å².